The van der Waals surface area contributed by atoms with E-state index in [9.17, 15) is 9.59 Å². The summed E-state index contributed by atoms with van der Waals surface area (Å²) in [5, 5.41) is 11.5. The topological polar surface area (TPSA) is 84.9 Å². The summed E-state index contributed by atoms with van der Waals surface area (Å²) in [7, 11) is 2.95. The van der Waals surface area contributed by atoms with Crippen LogP contribution in [0.3, 0.4) is 0 Å². The Morgan fingerprint density at radius 1 is 1.30 bits per heavy atom. The molecule has 20 heavy (non-hydrogen) atoms. The SMILES string of the molecule is CCC[C@@H](NC(=O)c1ccc(OC)cc1OC)C(=O)O. The highest BCUT2D eigenvalue weighted by molar-refractivity contribution is 5.99. The van der Waals surface area contributed by atoms with Gasteiger partial charge in [-0.05, 0) is 18.6 Å². The van der Waals surface area contributed by atoms with E-state index < -0.39 is 17.9 Å². The molecule has 0 unspecified atom stereocenters. The quantitative estimate of drug-likeness (QED) is 0.794. The highest BCUT2D eigenvalue weighted by Gasteiger charge is 2.21. The van der Waals surface area contributed by atoms with Crippen LogP contribution in [0.2, 0.25) is 0 Å². The van der Waals surface area contributed by atoms with Crippen molar-refractivity contribution in [3.63, 3.8) is 0 Å². The Kier molecular flexibility index (Phi) is 5.83. The number of rotatable bonds is 7. The van der Waals surface area contributed by atoms with Crippen LogP contribution in [0.5, 0.6) is 11.5 Å². The van der Waals surface area contributed by atoms with Gasteiger partial charge in [-0.1, -0.05) is 13.3 Å². The summed E-state index contributed by atoms with van der Waals surface area (Å²) in [6, 6.07) is 3.83. The Balaban J connectivity index is 2.93. The zero-order chi connectivity index (χ0) is 15.1. The standard InChI is InChI=1S/C14H19NO5/c1-4-5-11(14(17)18)15-13(16)10-7-6-9(19-2)8-12(10)20-3/h6-8,11H,4-5H2,1-3H3,(H,15,16)(H,17,18)/t11-/m1/s1. The van der Waals surface area contributed by atoms with Crippen molar-refractivity contribution in [3.05, 3.63) is 23.8 Å². The lowest BCUT2D eigenvalue weighted by molar-refractivity contribution is -0.139. The van der Waals surface area contributed by atoms with Crippen LogP contribution in [-0.2, 0) is 4.79 Å². The van der Waals surface area contributed by atoms with Gasteiger partial charge in [0, 0.05) is 6.07 Å². The number of carboxylic acid groups (broad SMARTS) is 1. The first-order chi connectivity index (χ1) is 9.53. The molecule has 2 N–H and O–H groups in total. The van der Waals surface area contributed by atoms with Crippen molar-refractivity contribution in [1.82, 2.24) is 5.32 Å². The highest BCUT2D eigenvalue weighted by atomic mass is 16.5. The summed E-state index contributed by atoms with van der Waals surface area (Å²) in [6.07, 6.45) is 1.04. The number of amides is 1. The van der Waals surface area contributed by atoms with Crippen LogP contribution in [0.25, 0.3) is 0 Å². The number of methoxy groups -OCH3 is 2. The largest absolute Gasteiger partial charge is 0.497 e. The molecule has 0 bridgehead atoms. The molecular formula is C14H19NO5. The van der Waals surface area contributed by atoms with Crippen molar-refractivity contribution in [2.24, 2.45) is 0 Å². The van der Waals surface area contributed by atoms with Gasteiger partial charge in [-0.3, -0.25) is 4.79 Å². The van der Waals surface area contributed by atoms with E-state index in [0.717, 1.165) is 0 Å². The minimum absolute atomic E-state index is 0.274. The van der Waals surface area contributed by atoms with Gasteiger partial charge < -0.3 is 19.9 Å². The van der Waals surface area contributed by atoms with Crippen LogP contribution < -0.4 is 14.8 Å². The van der Waals surface area contributed by atoms with Crippen molar-refractivity contribution >= 4 is 11.9 Å². The van der Waals surface area contributed by atoms with Gasteiger partial charge in [0.1, 0.15) is 17.5 Å². The molecule has 1 rings (SSSR count). The van der Waals surface area contributed by atoms with Crippen molar-refractivity contribution in [2.45, 2.75) is 25.8 Å². The maximum absolute atomic E-state index is 12.1. The number of hydrogen-bond donors (Lipinski definition) is 2. The number of ether oxygens (including phenoxy) is 2. The lowest BCUT2D eigenvalue weighted by Crippen LogP contribution is -2.40. The molecule has 0 saturated carbocycles. The normalized spacial score (nSPS) is 11.6. The second-order valence-corrected chi connectivity index (χ2v) is 4.22. The fourth-order valence-corrected chi connectivity index (χ4v) is 1.77. The molecule has 0 radical (unpaired) electrons. The number of carboxylic acids is 1. The van der Waals surface area contributed by atoms with E-state index in [2.05, 4.69) is 5.32 Å². The molecule has 0 saturated heterocycles. The molecule has 0 aliphatic heterocycles. The maximum Gasteiger partial charge on any atom is 0.326 e. The van der Waals surface area contributed by atoms with E-state index in [4.69, 9.17) is 14.6 Å². The molecule has 1 aromatic rings. The Bertz CT molecular complexity index is 486. The molecule has 1 aromatic carbocycles. The first-order valence-electron chi connectivity index (χ1n) is 6.29. The van der Waals surface area contributed by atoms with E-state index in [1.54, 1.807) is 12.1 Å². The predicted molar refractivity (Wildman–Crippen MR) is 73.3 cm³/mol. The average molecular weight is 281 g/mol. The Morgan fingerprint density at radius 2 is 2.00 bits per heavy atom. The van der Waals surface area contributed by atoms with E-state index in [1.807, 2.05) is 6.92 Å². The third-order valence-corrected chi connectivity index (χ3v) is 2.83. The highest BCUT2D eigenvalue weighted by Crippen LogP contribution is 2.24. The Labute approximate surface area is 117 Å². The van der Waals surface area contributed by atoms with E-state index in [1.165, 1.54) is 20.3 Å². The number of benzene rings is 1. The fourth-order valence-electron chi connectivity index (χ4n) is 1.77. The van der Waals surface area contributed by atoms with Crippen molar-refractivity contribution in [2.75, 3.05) is 14.2 Å². The summed E-state index contributed by atoms with van der Waals surface area (Å²) in [5.74, 6) is -0.637. The van der Waals surface area contributed by atoms with Crippen LogP contribution in [0.15, 0.2) is 18.2 Å². The van der Waals surface area contributed by atoms with Crippen LogP contribution >= 0.6 is 0 Å². The van der Waals surface area contributed by atoms with Crippen LogP contribution in [-0.4, -0.2) is 37.2 Å². The molecule has 0 aromatic heterocycles. The van der Waals surface area contributed by atoms with Crippen LogP contribution in [0.4, 0.5) is 0 Å². The van der Waals surface area contributed by atoms with Gasteiger partial charge >= 0.3 is 5.97 Å². The van der Waals surface area contributed by atoms with Crippen molar-refractivity contribution in [3.8, 4) is 11.5 Å². The van der Waals surface area contributed by atoms with Gasteiger partial charge in [0.15, 0.2) is 0 Å². The molecule has 0 aliphatic rings. The van der Waals surface area contributed by atoms with Gasteiger partial charge in [-0.2, -0.15) is 0 Å². The van der Waals surface area contributed by atoms with Gasteiger partial charge in [0.2, 0.25) is 0 Å². The second kappa shape index (κ2) is 7.37. The number of hydrogen-bond acceptors (Lipinski definition) is 4. The molecule has 0 heterocycles. The monoisotopic (exact) mass is 281 g/mol. The number of aliphatic carboxylic acids is 1. The minimum Gasteiger partial charge on any atom is -0.497 e. The average Bonchev–Trinajstić information content (AvgIpc) is 2.45. The number of nitrogens with one attached hydrogen (secondary N) is 1. The summed E-state index contributed by atoms with van der Waals surface area (Å²) in [5.41, 5.74) is 0.274. The Morgan fingerprint density at radius 3 is 2.50 bits per heavy atom. The van der Waals surface area contributed by atoms with E-state index in [-0.39, 0.29) is 5.56 Å². The van der Waals surface area contributed by atoms with Crippen LogP contribution in [0, 0.1) is 0 Å². The molecular weight excluding hydrogens is 262 g/mol. The zero-order valence-electron chi connectivity index (χ0n) is 11.8. The third kappa shape index (κ3) is 3.88. The molecule has 6 nitrogen and oxygen atoms in total. The Hall–Kier alpha value is -2.24. The van der Waals surface area contributed by atoms with Crippen LogP contribution in [0.1, 0.15) is 30.1 Å². The molecule has 6 heteroatoms. The number of carbonyl (C=O) groups excluding carboxylic acids is 1. The molecule has 1 atom stereocenters. The maximum atomic E-state index is 12.1. The second-order valence-electron chi connectivity index (χ2n) is 4.22. The number of carbonyl (C=O) groups is 2. The summed E-state index contributed by atoms with van der Waals surface area (Å²) >= 11 is 0. The summed E-state index contributed by atoms with van der Waals surface area (Å²) in [4.78, 5) is 23.2. The van der Waals surface area contributed by atoms with Crippen molar-refractivity contribution < 1.29 is 24.2 Å². The molecule has 1 amide bonds. The first kappa shape index (κ1) is 15.8. The van der Waals surface area contributed by atoms with Crippen molar-refractivity contribution in [1.29, 1.82) is 0 Å². The molecule has 110 valence electrons. The lowest BCUT2D eigenvalue weighted by Gasteiger charge is -2.15. The third-order valence-electron chi connectivity index (χ3n) is 2.83. The fraction of sp³-hybridized carbons (Fsp3) is 0.429. The predicted octanol–water partition coefficient (Wildman–Crippen LogP) is 1.69. The van der Waals surface area contributed by atoms with Gasteiger partial charge in [-0.15, -0.1) is 0 Å². The van der Waals surface area contributed by atoms with E-state index in [0.29, 0.717) is 24.3 Å². The summed E-state index contributed by atoms with van der Waals surface area (Å²) in [6.45, 7) is 1.86. The molecule has 0 spiro atoms. The molecule has 0 aliphatic carbocycles. The van der Waals surface area contributed by atoms with Gasteiger partial charge in [-0.25, -0.2) is 4.79 Å². The smallest absolute Gasteiger partial charge is 0.326 e. The van der Waals surface area contributed by atoms with Gasteiger partial charge in [0.05, 0.1) is 19.8 Å². The summed E-state index contributed by atoms with van der Waals surface area (Å²) < 4.78 is 10.2. The minimum atomic E-state index is -1.05. The zero-order valence-corrected chi connectivity index (χ0v) is 11.8. The first-order valence-corrected chi connectivity index (χ1v) is 6.29. The van der Waals surface area contributed by atoms with Gasteiger partial charge in [0.25, 0.3) is 5.91 Å². The van der Waals surface area contributed by atoms with E-state index >= 15 is 0 Å². The molecule has 0 fully saturated rings. The lowest BCUT2D eigenvalue weighted by atomic mass is 10.1.